The van der Waals surface area contributed by atoms with Gasteiger partial charge in [0.25, 0.3) is 11.8 Å². The van der Waals surface area contributed by atoms with Crippen LogP contribution in [0.5, 0.6) is 11.5 Å². The molecule has 41 heavy (non-hydrogen) atoms. The largest absolute Gasteiger partial charge is 0.457 e. The number of carbonyl (C=O) groups excluding carboxylic acids is 2. The molecule has 0 aliphatic carbocycles. The molecule has 4 rings (SSSR count). The minimum atomic E-state index is -3.38. The zero-order chi connectivity index (χ0) is 29.6. The number of hydrogen-bond acceptors (Lipinski definition) is 10. The molecule has 220 valence electrons. The van der Waals surface area contributed by atoms with Gasteiger partial charge in [0.15, 0.2) is 15.0 Å². The van der Waals surface area contributed by atoms with Gasteiger partial charge in [-0.15, -0.1) is 11.3 Å². The molecule has 1 aliphatic rings. The number of thiazole rings is 1. The van der Waals surface area contributed by atoms with Gasteiger partial charge in [-0.25, -0.2) is 13.4 Å². The Morgan fingerprint density at radius 3 is 2.24 bits per heavy atom. The summed E-state index contributed by atoms with van der Waals surface area (Å²) in [5.41, 5.74) is 0.912. The Hall–Kier alpha value is -3.09. The quantitative estimate of drug-likeness (QED) is 0.256. The number of rotatable bonds is 12. The van der Waals surface area contributed by atoms with Crippen molar-refractivity contribution in [3.63, 3.8) is 0 Å². The zero-order valence-corrected chi connectivity index (χ0v) is 25.5. The van der Waals surface area contributed by atoms with E-state index < -0.39 is 23.3 Å². The molecule has 1 aromatic heterocycles. The Morgan fingerprint density at radius 1 is 1.00 bits per heavy atom. The predicted molar refractivity (Wildman–Crippen MR) is 156 cm³/mol. The standard InChI is InChI=1S/C27H32N3O8PS2/c1-4-36-39(33,37-5-2)17-21-18-40-27(28-21)29-25(31)19-14-20(26(32)30-12-6-7-13-30)16-23(15-19)38-22-8-10-24(11-9-22)41(3,34)35/h8-11,14-16,18H,4-7,12-13,17H2,1-3H3,(H,28,29,31). The van der Waals surface area contributed by atoms with Gasteiger partial charge in [-0.05, 0) is 69.2 Å². The summed E-state index contributed by atoms with van der Waals surface area (Å²) in [6.45, 7) is 5.17. The lowest BCUT2D eigenvalue weighted by Crippen LogP contribution is -2.28. The molecule has 11 nitrogen and oxygen atoms in total. The number of aromatic nitrogens is 1. The van der Waals surface area contributed by atoms with Gasteiger partial charge in [-0.2, -0.15) is 0 Å². The SMILES string of the molecule is CCOP(=O)(Cc1csc(NC(=O)c2cc(Oc3ccc(S(C)(=O)=O)cc3)cc(C(=O)N3CCCC3)c2)n1)OCC. The fraction of sp³-hybridized carbons (Fsp3) is 0.370. The van der Waals surface area contributed by atoms with Crippen LogP contribution >= 0.6 is 18.9 Å². The van der Waals surface area contributed by atoms with Crippen molar-refractivity contribution in [2.45, 2.75) is 37.7 Å². The molecule has 0 spiro atoms. The van der Waals surface area contributed by atoms with E-state index in [0.717, 1.165) is 30.4 Å². The number of nitrogens with one attached hydrogen (secondary N) is 1. The molecule has 3 aromatic rings. The molecule has 1 fully saturated rings. The smallest absolute Gasteiger partial charge is 0.336 e. The maximum atomic E-state index is 13.3. The molecule has 1 saturated heterocycles. The van der Waals surface area contributed by atoms with Gasteiger partial charge in [0.2, 0.25) is 0 Å². The second-order valence-corrected chi connectivity index (χ2v) is 14.2. The van der Waals surface area contributed by atoms with Crippen molar-refractivity contribution in [2.75, 3.05) is 37.9 Å². The Bertz CT molecular complexity index is 1540. The van der Waals surface area contributed by atoms with Crippen LogP contribution in [0.2, 0.25) is 0 Å². The molecule has 0 radical (unpaired) electrons. The number of anilines is 1. The summed E-state index contributed by atoms with van der Waals surface area (Å²) in [4.78, 5) is 32.7. The Labute approximate surface area is 243 Å². The summed E-state index contributed by atoms with van der Waals surface area (Å²) in [5.74, 6) is -0.153. The highest BCUT2D eigenvalue weighted by Gasteiger charge is 2.26. The predicted octanol–water partition coefficient (Wildman–Crippen LogP) is 5.59. The lowest BCUT2D eigenvalue weighted by molar-refractivity contribution is 0.0792. The van der Waals surface area contributed by atoms with Crippen molar-refractivity contribution >= 4 is 45.7 Å². The van der Waals surface area contributed by atoms with E-state index in [4.69, 9.17) is 13.8 Å². The molecule has 2 amide bonds. The Balaban J connectivity index is 1.57. The molecular weight excluding hydrogens is 589 g/mol. The summed E-state index contributed by atoms with van der Waals surface area (Å²) in [6.07, 6.45) is 2.90. The van der Waals surface area contributed by atoms with Crippen molar-refractivity contribution in [2.24, 2.45) is 0 Å². The van der Waals surface area contributed by atoms with Gasteiger partial charge in [0, 0.05) is 35.9 Å². The number of benzene rings is 2. The molecule has 1 N–H and O–H groups in total. The number of amides is 2. The topological polar surface area (TPSA) is 141 Å². The molecule has 2 heterocycles. The maximum Gasteiger partial charge on any atom is 0.336 e. The van der Waals surface area contributed by atoms with Crippen molar-refractivity contribution in [3.05, 3.63) is 64.7 Å². The van der Waals surface area contributed by atoms with E-state index in [9.17, 15) is 22.6 Å². The number of hydrogen-bond donors (Lipinski definition) is 1. The monoisotopic (exact) mass is 621 g/mol. The first kappa shape index (κ1) is 30.9. The Kier molecular flexibility index (Phi) is 9.98. The third-order valence-corrected chi connectivity index (χ3v) is 10.0. The third kappa shape index (κ3) is 8.23. The van der Waals surface area contributed by atoms with Gasteiger partial charge in [0.1, 0.15) is 11.5 Å². The fourth-order valence-corrected chi connectivity index (χ4v) is 7.29. The van der Waals surface area contributed by atoms with Gasteiger partial charge in [0.05, 0.1) is 30.0 Å². The van der Waals surface area contributed by atoms with Crippen LogP contribution < -0.4 is 10.1 Å². The third-order valence-electron chi connectivity index (χ3n) is 6.08. The van der Waals surface area contributed by atoms with Crippen LogP contribution in [0.25, 0.3) is 0 Å². The highest BCUT2D eigenvalue weighted by Crippen LogP contribution is 2.51. The number of carbonyl (C=O) groups is 2. The summed E-state index contributed by atoms with van der Waals surface area (Å²) in [7, 11) is -6.74. The van der Waals surface area contributed by atoms with Crippen molar-refractivity contribution in [3.8, 4) is 11.5 Å². The van der Waals surface area contributed by atoms with E-state index in [-0.39, 0.29) is 52.2 Å². The van der Waals surface area contributed by atoms with Crippen LogP contribution in [0, 0.1) is 0 Å². The first-order valence-electron chi connectivity index (χ1n) is 13.1. The number of likely N-dealkylation sites (tertiary alicyclic amines) is 1. The van der Waals surface area contributed by atoms with Crippen LogP contribution in [0.3, 0.4) is 0 Å². The van der Waals surface area contributed by atoms with E-state index in [1.54, 1.807) is 30.2 Å². The van der Waals surface area contributed by atoms with Crippen LogP contribution in [0.4, 0.5) is 5.13 Å². The van der Waals surface area contributed by atoms with Crippen LogP contribution in [0.1, 0.15) is 53.1 Å². The molecule has 2 aromatic carbocycles. The first-order valence-corrected chi connectivity index (χ1v) is 17.6. The molecule has 0 saturated carbocycles. The van der Waals surface area contributed by atoms with Crippen LogP contribution in [0.15, 0.2) is 52.7 Å². The van der Waals surface area contributed by atoms with Gasteiger partial charge >= 0.3 is 7.60 Å². The van der Waals surface area contributed by atoms with E-state index >= 15 is 0 Å². The molecule has 14 heteroatoms. The fourth-order valence-electron chi connectivity index (χ4n) is 4.23. The summed E-state index contributed by atoms with van der Waals surface area (Å²) >= 11 is 1.16. The molecule has 0 unspecified atom stereocenters. The molecule has 0 bridgehead atoms. The van der Waals surface area contributed by atoms with E-state index in [1.807, 2.05) is 0 Å². The lowest BCUT2D eigenvalue weighted by Gasteiger charge is -2.17. The van der Waals surface area contributed by atoms with Crippen LogP contribution in [-0.4, -0.2) is 62.7 Å². The molecular formula is C27H32N3O8PS2. The Morgan fingerprint density at radius 2 is 1.63 bits per heavy atom. The number of sulfone groups is 1. The minimum Gasteiger partial charge on any atom is -0.457 e. The van der Waals surface area contributed by atoms with E-state index in [2.05, 4.69) is 10.3 Å². The second-order valence-electron chi connectivity index (χ2n) is 9.29. The molecule has 0 atom stereocenters. The number of ether oxygens (including phenoxy) is 1. The maximum absolute atomic E-state index is 13.3. The van der Waals surface area contributed by atoms with E-state index in [1.165, 1.54) is 36.4 Å². The summed E-state index contributed by atoms with van der Waals surface area (Å²) < 4.78 is 53.0. The summed E-state index contributed by atoms with van der Waals surface area (Å²) in [5, 5.41) is 4.68. The lowest BCUT2D eigenvalue weighted by atomic mass is 10.1. The van der Waals surface area contributed by atoms with Crippen LogP contribution in [-0.2, 0) is 29.6 Å². The normalized spacial score (nSPS) is 13.8. The second kappa shape index (κ2) is 13.3. The average Bonchev–Trinajstić information content (AvgIpc) is 3.60. The number of nitrogens with zero attached hydrogens (tertiary/aromatic N) is 2. The highest BCUT2D eigenvalue weighted by molar-refractivity contribution is 7.90. The molecule has 1 aliphatic heterocycles. The minimum absolute atomic E-state index is 0.0308. The first-order chi connectivity index (χ1) is 19.5. The van der Waals surface area contributed by atoms with Crippen molar-refractivity contribution < 1.29 is 36.4 Å². The van der Waals surface area contributed by atoms with Gasteiger partial charge in [-0.3, -0.25) is 19.5 Å². The van der Waals surface area contributed by atoms with Crippen molar-refractivity contribution in [1.82, 2.24) is 9.88 Å². The highest BCUT2D eigenvalue weighted by atomic mass is 32.2. The zero-order valence-electron chi connectivity index (χ0n) is 23.0. The van der Waals surface area contributed by atoms with Gasteiger partial charge in [-0.1, -0.05) is 0 Å². The summed E-state index contributed by atoms with van der Waals surface area (Å²) in [6, 6.07) is 10.4. The van der Waals surface area contributed by atoms with Crippen molar-refractivity contribution in [1.29, 1.82) is 0 Å². The average molecular weight is 622 g/mol. The van der Waals surface area contributed by atoms with E-state index in [0.29, 0.717) is 24.5 Å². The van der Waals surface area contributed by atoms with Gasteiger partial charge < -0.3 is 18.7 Å².